The lowest BCUT2D eigenvalue weighted by Gasteiger charge is -2.33. The molecule has 2 rings (SSSR count). The number of carbonyl (C=O) groups is 2. The fourth-order valence-corrected chi connectivity index (χ4v) is 4.97. The first kappa shape index (κ1) is 28.1. The summed E-state index contributed by atoms with van der Waals surface area (Å²) in [4.78, 5) is 27.9. The van der Waals surface area contributed by atoms with Crippen molar-refractivity contribution in [1.82, 2.24) is 10.2 Å². The zero-order valence-corrected chi connectivity index (χ0v) is 22.9. The molecule has 2 amide bonds. The van der Waals surface area contributed by atoms with Crippen LogP contribution in [0.5, 0.6) is 0 Å². The number of nitrogens with one attached hydrogen (secondary N) is 1. The lowest BCUT2D eigenvalue weighted by Crippen LogP contribution is -2.53. The predicted octanol–water partition coefficient (Wildman–Crippen LogP) is 7.26. The molecule has 0 aliphatic rings. The van der Waals surface area contributed by atoms with Crippen LogP contribution in [0.25, 0.3) is 0 Å². The Morgan fingerprint density at radius 2 is 1.70 bits per heavy atom. The second kappa shape index (κ2) is 12.6. The quantitative estimate of drug-likeness (QED) is 0.358. The molecule has 0 bridgehead atoms. The van der Waals surface area contributed by atoms with Crippen molar-refractivity contribution in [3.8, 4) is 0 Å². The molecule has 0 aliphatic heterocycles. The number of rotatable bonds is 9. The van der Waals surface area contributed by atoms with E-state index in [9.17, 15) is 9.59 Å². The van der Waals surface area contributed by atoms with Gasteiger partial charge in [-0.25, -0.2) is 0 Å². The van der Waals surface area contributed by atoms with Gasteiger partial charge < -0.3 is 10.2 Å². The molecule has 4 nitrogen and oxygen atoms in total. The maximum atomic E-state index is 13.3. The van der Waals surface area contributed by atoms with E-state index in [1.165, 1.54) is 11.8 Å². The molecule has 0 aromatic heterocycles. The second-order valence-electron chi connectivity index (χ2n) is 8.66. The number of hydrogen-bond acceptors (Lipinski definition) is 3. The van der Waals surface area contributed by atoms with Crippen LogP contribution in [0.2, 0.25) is 20.1 Å². The van der Waals surface area contributed by atoms with Crippen molar-refractivity contribution in [3.63, 3.8) is 0 Å². The first-order valence-electron chi connectivity index (χ1n) is 10.5. The highest BCUT2D eigenvalue weighted by Gasteiger charge is 2.30. The average molecular weight is 550 g/mol. The normalized spacial score (nSPS) is 12.4. The number of hydrogen-bond donors (Lipinski definition) is 1. The van der Waals surface area contributed by atoms with Crippen molar-refractivity contribution >= 4 is 70.0 Å². The van der Waals surface area contributed by atoms with Crippen LogP contribution in [-0.2, 0) is 21.9 Å². The zero-order chi connectivity index (χ0) is 24.8. The first-order chi connectivity index (χ1) is 15.4. The minimum Gasteiger partial charge on any atom is -0.350 e. The summed E-state index contributed by atoms with van der Waals surface area (Å²) in [7, 11) is 0. The Morgan fingerprint density at radius 3 is 2.27 bits per heavy atom. The molecule has 2 aromatic rings. The topological polar surface area (TPSA) is 49.4 Å². The van der Waals surface area contributed by atoms with Gasteiger partial charge >= 0.3 is 0 Å². The van der Waals surface area contributed by atoms with Crippen molar-refractivity contribution in [3.05, 3.63) is 67.6 Å². The third kappa shape index (κ3) is 8.88. The number of amides is 2. The number of carbonyl (C=O) groups excluding carboxylic acids is 2. The molecule has 0 saturated heterocycles. The van der Waals surface area contributed by atoms with Crippen molar-refractivity contribution in [2.75, 3.05) is 5.75 Å². The Bertz CT molecular complexity index is 995. The van der Waals surface area contributed by atoms with Gasteiger partial charge in [-0.3, -0.25) is 9.59 Å². The summed E-state index contributed by atoms with van der Waals surface area (Å²) in [6.07, 6.45) is 0.475. The van der Waals surface area contributed by atoms with Crippen LogP contribution in [0.3, 0.4) is 0 Å². The monoisotopic (exact) mass is 548 g/mol. The third-order valence-electron chi connectivity index (χ3n) is 4.72. The second-order valence-corrected chi connectivity index (χ2v) is 11.3. The molecule has 1 N–H and O–H groups in total. The van der Waals surface area contributed by atoms with Gasteiger partial charge in [0.25, 0.3) is 0 Å². The Balaban J connectivity index is 2.20. The van der Waals surface area contributed by atoms with Gasteiger partial charge in [0.15, 0.2) is 0 Å². The highest BCUT2D eigenvalue weighted by molar-refractivity contribution is 7.99. The Morgan fingerprint density at radius 1 is 1.00 bits per heavy atom. The van der Waals surface area contributed by atoms with Crippen LogP contribution < -0.4 is 5.32 Å². The van der Waals surface area contributed by atoms with Crippen LogP contribution in [0.15, 0.2) is 36.4 Å². The minimum atomic E-state index is -0.620. The van der Waals surface area contributed by atoms with E-state index in [1.807, 2.05) is 39.8 Å². The van der Waals surface area contributed by atoms with Crippen LogP contribution >= 0.6 is 58.2 Å². The fourth-order valence-electron chi connectivity index (χ4n) is 3.18. The van der Waals surface area contributed by atoms with Gasteiger partial charge in [0.2, 0.25) is 11.8 Å². The van der Waals surface area contributed by atoms with Crippen molar-refractivity contribution in [1.29, 1.82) is 0 Å². The largest absolute Gasteiger partial charge is 0.350 e. The van der Waals surface area contributed by atoms with Crippen LogP contribution in [0.4, 0.5) is 0 Å². The van der Waals surface area contributed by atoms with E-state index in [0.29, 0.717) is 32.3 Å². The summed E-state index contributed by atoms with van der Waals surface area (Å²) in [5, 5.41) is 4.95. The highest BCUT2D eigenvalue weighted by atomic mass is 35.5. The lowest BCUT2D eigenvalue weighted by atomic mass is 10.1. The van der Waals surface area contributed by atoms with E-state index in [1.54, 1.807) is 29.2 Å². The summed E-state index contributed by atoms with van der Waals surface area (Å²) in [5.74, 6) is 0.406. The van der Waals surface area contributed by atoms with Gasteiger partial charge in [-0.15, -0.1) is 11.8 Å². The Kier molecular flexibility index (Phi) is 10.7. The molecule has 0 radical (unpaired) electrons. The third-order valence-corrected chi connectivity index (χ3v) is 7.01. The zero-order valence-electron chi connectivity index (χ0n) is 19.1. The van der Waals surface area contributed by atoms with Gasteiger partial charge in [0.05, 0.1) is 15.8 Å². The fraction of sp³-hybridized carbons (Fsp3) is 0.417. The van der Waals surface area contributed by atoms with E-state index in [2.05, 4.69) is 5.32 Å². The maximum absolute atomic E-state index is 13.3. The molecule has 0 fully saturated rings. The van der Waals surface area contributed by atoms with Gasteiger partial charge in [-0.1, -0.05) is 65.5 Å². The van der Waals surface area contributed by atoms with Gasteiger partial charge in [0, 0.05) is 27.9 Å². The molecule has 1 atom stereocenters. The van der Waals surface area contributed by atoms with Gasteiger partial charge in [-0.05, 0) is 62.6 Å². The van der Waals surface area contributed by atoms with Crippen molar-refractivity contribution < 1.29 is 9.59 Å². The molecule has 0 saturated carbocycles. The number of thioether (sulfide) groups is 1. The number of nitrogens with zero attached hydrogens (tertiary/aromatic N) is 1. The van der Waals surface area contributed by atoms with E-state index >= 15 is 0 Å². The smallest absolute Gasteiger partial charge is 0.243 e. The van der Waals surface area contributed by atoms with E-state index in [0.717, 1.165) is 11.1 Å². The summed E-state index contributed by atoms with van der Waals surface area (Å²) in [6, 6.07) is 9.90. The standard InChI is InChI=1S/C24H28Cl4N2O2S/c1-5-21(23(32)29-24(2,3)4)30(12-15-6-9-18(26)20(28)10-15)22(31)14-33-13-16-7-8-17(25)11-19(16)27/h6-11,21H,5,12-14H2,1-4H3,(H,29,32)/t21-/m1/s1. The summed E-state index contributed by atoms with van der Waals surface area (Å²) >= 11 is 25.9. The molecule has 0 heterocycles. The van der Waals surface area contributed by atoms with Gasteiger partial charge in [0.1, 0.15) is 6.04 Å². The molecule has 2 aromatic carbocycles. The highest BCUT2D eigenvalue weighted by Crippen LogP contribution is 2.27. The van der Waals surface area contributed by atoms with Crippen molar-refractivity contribution in [2.45, 2.75) is 58.0 Å². The molecule has 0 aliphatic carbocycles. The molecular formula is C24H28Cl4N2O2S. The molecular weight excluding hydrogens is 522 g/mol. The Labute approximate surface area is 220 Å². The minimum absolute atomic E-state index is 0.146. The van der Waals surface area contributed by atoms with Crippen LogP contribution in [-0.4, -0.2) is 34.0 Å². The summed E-state index contributed by atoms with van der Waals surface area (Å²) < 4.78 is 0. The number of benzene rings is 2. The average Bonchev–Trinajstić information content (AvgIpc) is 2.70. The molecule has 9 heteroatoms. The van der Waals surface area contributed by atoms with Gasteiger partial charge in [-0.2, -0.15) is 0 Å². The van der Waals surface area contributed by atoms with Crippen molar-refractivity contribution in [2.24, 2.45) is 0 Å². The molecule has 0 spiro atoms. The SMILES string of the molecule is CC[C@H](C(=O)NC(C)(C)C)N(Cc1ccc(Cl)c(Cl)c1)C(=O)CSCc1ccc(Cl)cc1Cl. The van der Waals surface area contributed by atoms with Crippen LogP contribution in [0.1, 0.15) is 45.2 Å². The Hall–Kier alpha value is -1.11. The molecule has 33 heavy (non-hydrogen) atoms. The first-order valence-corrected chi connectivity index (χ1v) is 13.1. The predicted molar refractivity (Wildman–Crippen MR) is 142 cm³/mol. The lowest BCUT2D eigenvalue weighted by molar-refractivity contribution is -0.140. The maximum Gasteiger partial charge on any atom is 0.243 e. The number of halogens is 4. The summed E-state index contributed by atoms with van der Waals surface area (Å²) in [5.41, 5.74) is 1.28. The molecule has 0 unspecified atom stereocenters. The van der Waals surface area contributed by atoms with E-state index < -0.39 is 11.6 Å². The molecule has 180 valence electrons. The summed E-state index contributed by atoms with van der Waals surface area (Å²) in [6.45, 7) is 7.87. The van der Waals surface area contributed by atoms with Crippen LogP contribution in [0, 0.1) is 0 Å². The van der Waals surface area contributed by atoms with E-state index in [4.69, 9.17) is 46.4 Å². The van der Waals surface area contributed by atoms with E-state index in [-0.39, 0.29) is 24.1 Å².